The van der Waals surface area contributed by atoms with Gasteiger partial charge < -0.3 is 19.7 Å². The zero-order valence-corrected chi connectivity index (χ0v) is 25.2. The van der Waals surface area contributed by atoms with Gasteiger partial charge in [0.25, 0.3) is 0 Å². The molecule has 1 atom stereocenters. The van der Waals surface area contributed by atoms with Gasteiger partial charge in [0.2, 0.25) is 5.91 Å². The van der Waals surface area contributed by atoms with Crippen LogP contribution >= 0.6 is 0 Å². The molecule has 0 aromatic heterocycles. The Bertz CT molecular complexity index is 1560. The fourth-order valence-corrected chi connectivity index (χ4v) is 5.25. The van der Waals surface area contributed by atoms with Crippen molar-refractivity contribution in [2.75, 3.05) is 30.5 Å². The molecule has 0 bridgehead atoms. The van der Waals surface area contributed by atoms with Crippen LogP contribution in [0.25, 0.3) is 0 Å². The maximum atomic E-state index is 13.2. The molecule has 44 heavy (non-hydrogen) atoms. The third-order valence-corrected chi connectivity index (χ3v) is 8.04. The number of para-hydroxylation sites is 1. The van der Waals surface area contributed by atoms with Crippen molar-refractivity contribution in [3.8, 4) is 5.75 Å². The lowest BCUT2D eigenvalue weighted by Crippen LogP contribution is -2.41. The van der Waals surface area contributed by atoms with E-state index < -0.39 is 12.0 Å². The summed E-state index contributed by atoms with van der Waals surface area (Å²) in [5, 5.41) is 3.24. The Labute approximate surface area is 258 Å². The summed E-state index contributed by atoms with van der Waals surface area (Å²) in [6.45, 7) is 2.84. The van der Waals surface area contributed by atoms with E-state index in [1.54, 1.807) is 30.3 Å². The lowest BCUT2D eigenvalue weighted by molar-refractivity contribution is -0.141. The summed E-state index contributed by atoms with van der Waals surface area (Å²) in [5.74, 6) is 0.367. The number of carbonyl (C=O) groups excluding carboxylic acids is 3. The molecule has 1 aliphatic rings. The van der Waals surface area contributed by atoms with Gasteiger partial charge in [-0.3, -0.25) is 9.59 Å². The van der Waals surface area contributed by atoms with Gasteiger partial charge in [0, 0.05) is 34.8 Å². The molecule has 4 aromatic rings. The molecular weight excluding hydrogens is 552 g/mol. The molecule has 7 nitrogen and oxygen atoms in total. The molecule has 7 heteroatoms. The van der Waals surface area contributed by atoms with Crippen molar-refractivity contribution in [2.24, 2.45) is 5.92 Å². The van der Waals surface area contributed by atoms with E-state index in [2.05, 4.69) is 5.32 Å². The van der Waals surface area contributed by atoms with Crippen LogP contribution in [0.5, 0.6) is 5.75 Å². The van der Waals surface area contributed by atoms with Gasteiger partial charge in [-0.25, -0.2) is 4.79 Å². The smallest absolute Gasteiger partial charge is 0.328 e. The summed E-state index contributed by atoms with van der Waals surface area (Å²) in [7, 11) is 1.35. The minimum absolute atomic E-state index is 0.0929. The molecule has 1 saturated carbocycles. The molecule has 0 heterocycles. The van der Waals surface area contributed by atoms with E-state index in [0.29, 0.717) is 42.1 Å². The second kappa shape index (κ2) is 14.5. The van der Waals surface area contributed by atoms with E-state index >= 15 is 0 Å². The number of ketones is 1. The lowest BCUT2D eigenvalue weighted by Gasteiger charge is -2.31. The van der Waals surface area contributed by atoms with Crippen LogP contribution < -0.4 is 15.0 Å². The van der Waals surface area contributed by atoms with Gasteiger partial charge in [0.05, 0.1) is 13.7 Å². The van der Waals surface area contributed by atoms with Crippen LogP contribution in [0.3, 0.4) is 0 Å². The van der Waals surface area contributed by atoms with Gasteiger partial charge in [-0.15, -0.1) is 0 Å². The van der Waals surface area contributed by atoms with Crippen molar-refractivity contribution in [1.29, 1.82) is 0 Å². The zero-order valence-electron chi connectivity index (χ0n) is 25.2. The van der Waals surface area contributed by atoms with Crippen molar-refractivity contribution in [3.63, 3.8) is 0 Å². The largest absolute Gasteiger partial charge is 0.492 e. The van der Waals surface area contributed by atoms with Crippen LogP contribution in [-0.4, -0.2) is 44.0 Å². The molecular formula is C37H38N2O5. The molecule has 5 rings (SSSR count). The quantitative estimate of drug-likeness (QED) is 0.139. The second-order valence-corrected chi connectivity index (χ2v) is 11.1. The fraction of sp³-hybridized carbons (Fsp3) is 0.270. The van der Waals surface area contributed by atoms with Gasteiger partial charge in [-0.2, -0.15) is 0 Å². The second-order valence-electron chi connectivity index (χ2n) is 11.1. The molecule has 1 aliphatic carbocycles. The predicted octanol–water partition coefficient (Wildman–Crippen LogP) is 6.63. The van der Waals surface area contributed by atoms with E-state index in [0.717, 1.165) is 36.1 Å². The molecule has 1 amide bonds. The maximum absolute atomic E-state index is 13.2. The molecule has 226 valence electrons. The highest BCUT2D eigenvalue weighted by atomic mass is 16.5. The molecule has 1 fully saturated rings. The van der Waals surface area contributed by atoms with Crippen molar-refractivity contribution in [3.05, 3.63) is 125 Å². The Balaban J connectivity index is 1.22. The third-order valence-electron chi connectivity index (χ3n) is 8.04. The monoisotopic (exact) mass is 590 g/mol. The molecule has 4 aromatic carbocycles. The first-order chi connectivity index (χ1) is 21.4. The summed E-state index contributed by atoms with van der Waals surface area (Å²) >= 11 is 0. The number of hydrogen-bond acceptors (Lipinski definition) is 6. The number of methoxy groups -OCH3 is 1. The van der Waals surface area contributed by atoms with E-state index in [1.165, 1.54) is 7.11 Å². The highest BCUT2D eigenvalue weighted by Gasteiger charge is 2.30. The average Bonchev–Trinajstić information content (AvgIpc) is 3.03. The number of esters is 1. The molecule has 0 spiro atoms. The SMILES string of the molecule is COC(=O)C(Cc1ccc(OCCN(C(=O)C2CCC2)c2ccc(C)cc2)cc1)Nc1ccccc1C(=O)c1ccccc1. The van der Waals surface area contributed by atoms with Crippen LogP contribution in [0.4, 0.5) is 11.4 Å². The van der Waals surface area contributed by atoms with Crippen molar-refractivity contribution >= 4 is 29.0 Å². The summed E-state index contributed by atoms with van der Waals surface area (Å²) < 4.78 is 11.1. The number of rotatable bonds is 13. The highest BCUT2D eigenvalue weighted by Crippen LogP contribution is 2.30. The van der Waals surface area contributed by atoms with E-state index in [-0.39, 0.29) is 17.6 Å². The number of nitrogens with one attached hydrogen (secondary N) is 1. The van der Waals surface area contributed by atoms with Crippen molar-refractivity contribution in [1.82, 2.24) is 0 Å². The lowest BCUT2D eigenvalue weighted by atomic mass is 9.84. The fourth-order valence-electron chi connectivity index (χ4n) is 5.25. The Morgan fingerprint density at radius 2 is 1.55 bits per heavy atom. The number of amides is 1. The van der Waals surface area contributed by atoms with Gasteiger partial charge in [0.15, 0.2) is 5.78 Å². The van der Waals surface area contributed by atoms with E-state index in [9.17, 15) is 14.4 Å². The maximum Gasteiger partial charge on any atom is 0.328 e. The summed E-state index contributed by atoms with van der Waals surface area (Å²) in [6, 6.07) is 31.1. The van der Waals surface area contributed by atoms with Crippen molar-refractivity contribution in [2.45, 2.75) is 38.6 Å². The summed E-state index contributed by atoms with van der Waals surface area (Å²) in [4.78, 5) is 41.0. The van der Waals surface area contributed by atoms with E-state index in [4.69, 9.17) is 9.47 Å². The number of ether oxygens (including phenoxy) is 2. The van der Waals surface area contributed by atoms with Crippen LogP contribution in [-0.2, 0) is 20.7 Å². The number of nitrogens with zero attached hydrogens (tertiary/aromatic N) is 1. The average molecular weight is 591 g/mol. The predicted molar refractivity (Wildman–Crippen MR) is 172 cm³/mol. The third kappa shape index (κ3) is 7.53. The molecule has 0 aliphatic heterocycles. The molecule has 0 saturated heterocycles. The van der Waals surface area contributed by atoms with Crippen LogP contribution in [0.15, 0.2) is 103 Å². The summed E-state index contributed by atoms with van der Waals surface area (Å²) in [5.41, 5.74) is 4.54. The van der Waals surface area contributed by atoms with Gasteiger partial charge in [0.1, 0.15) is 18.4 Å². The number of carbonyl (C=O) groups is 3. The normalized spacial score (nSPS) is 13.3. The van der Waals surface area contributed by atoms with Gasteiger partial charge in [-0.05, 0) is 61.7 Å². The number of aryl methyl sites for hydroxylation is 1. The molecule has 1 unspecified atom stereocenters. The first kappa shape index (κ1) is 30.5. The Kier molecular flexibility index (Phi) is 10.1. The van der Waals surface area contributed by atoms with Crippen LogP contribution in [0.1, 0.15) is 46.3 Å². The standard InChI is InChI=1S/C37H38N2O5/c1-26-15-19-30(20-16-26)39(36(41)29-11-8-12-29)23-24-44-31-21-17-27(18-22-31)25-34(37(42)43-2)38-33-14-7-6-13-32(33)35(40)28-9-4-3-5-10-28/h3-7,9-10,13-22,29,34,38H,8,11-12,23-25H2,1-2H3. The number of benzene rings is 4. The first-order valence-electron chi connectivity index (χ1n) is 15.1. The molecule has 0 radical (unpaired) electrons. The first-order valence-corrected chi connectivity index (χ1v) is 15.1. The summed E-state index contributed by atoms with van der Waals surface area (Å²) in [6.07, 6.45) is 3.34. The Hall–Kier alpha value is -4.91. The Morgan fingerprint density at radius 3 is 2.20 bits per heavy atom. The minimum atomic E-state index is -0.711. The van der Waals surface area contributed by atoms with Crippen LogP contribution in [0, 0.1) is 12.8 Å². The topological polar surface area (TPSA) is 84.9 Å². The number of anilines is 2. The molecule has 1 N–H and O–H groups in total. The van der Waals surface area contributed by atoms with Crippen LogP contribution in [0.2, 0.25) is 0 Å². The Morgan fingerprint density at radius 1 is 0.864 bits per heavy atom. The minimum Gasteiger partial charge on any atom is -0.492 e. The van der Waals surface area contributed by atoms with Gasteiger partial charge >= 0.3 is 5.97 Å². The van der Waals surface area contributed by atoms with Gasteiger partial charge in [-0.1, -0.05) is 78.7 Å². The zero-order chi connectivity index (χ0) is 30.9. The van der Waals surface area contributed by atoms with E-state index in [1.807, 2.05) is 84.6 Å². The highest BCUT2D eigenvalue weighted by molar-refractivity contribution is 6.12. The van der Waals surface area contributed by atoms with Crippen molar-refractivity contribution < 1.29 is 23.9 Å². The number of hydrogen-bond donors (Lipinski definition) is 1.